The first-order valence-corrected chi connectivity index (χ1v) is 46.7. The number of rotatable bonds is 16. The van der Waals surface area contributed by atoms with Gasteiger partial charge in [0.2, 0.25) is 23.6 Å². The number of likely N-dealkylation sites (N-methyl/N-ethyl adjacent to an activating group) is 4. The van der Waals surface area contributed by atoms with Crippen LogP contribution in [0.4, 0.5) is 0 Å². The number of aliphatic hydroxyl groups excluding tert-OH is 5. The molecule has 0 radical (unpaired) electrons. The van der Waals surface area contributed by atoms with Gasteiger partial charge in [0.05, 0.1) is 202 Å². The molecule has 4 fully saturated rings. The summed E-state index contributed by atoms with van der Waals surface area (Å²) in [7, 11) is 24.9. The van der Waals surface area contributed by atoms with Crippen molar-refractivity contribution >= 4 is 35.5 Å². The minimum Gasteiger partial charge on any atom is -0.507 e. The fourth-order valence-corrected chi connectivity index (χ4v) is 25.7. The van der Waals surface area contributed by atoms with Crippen LogP contribution >= 0.6 is 0 Å². The van der Waals surface area contributed by atoms with Gasteiger partial charge in [0.25, 0.3) is 0 Å². The van der Waals surface area contributed by atoms with Crippen LogP contribution in [-0.4, -0.2) is 317 Å². The first-order chi connectivity index (χ1) is 67.7. The fraction of sp³-hybridized carbons (Fsp3) is 0.471. The molecule has 4 saturated heterocycles. The maximum Gasteiger partial charge on any atom is 0.245 e. The summed E-state index contributed by atoms with van der Waals surface area (Å²) < 4.78 is 66.5. The van der Waals surface area contributed by atoms with E-state index >= 15 is 0 Å². The number of amides is 4. The zero-order chi connectivity index (χ0) is 103. The molecular weight excluding hydrogens is 1840 g/mol. The van der Waals surface area contributed by atoms with E-state index in [2.05, 4.69) is 0 Å². The summed E-state index contributed by atoms with van der Waals surface area (Å²) in [4.78, 5) is 83.7. The van der Waals surface area contributed by atoms with Crippen molar-refractivity contribution in [3.63, 3.8) is 0 Å². The van der Waals surface area contributed by atoms with Gasteiger partial charge in [-0.05, 0) is 166 Å². The van der Waals surface area contributed by atoms with Crippen molar-refractivity contribution in [1.82, 2.24) is 39.2 Å². The highest BCUT2D eigenvalue weighted by atomic mass is 16.5. The topological polar surface area (TPSA) is 485 Å². The van der Waals surface area contributed by atoms with Crippen LogP contribution in [0.2, 0.25) is 0 Å². The number of benzene rings is 8. The van der Waals surface area contributed by atoms with E-state index in [9.17, 15) is 90.4 Å². The van der Waals surface area contributed by atoms with Crippen molar-refractivity contribution in [3.05, 3.63) is 163 Å². The third kappa shape index (κ3) is 14.0. The van der Waals surface area contributed by atoms with Gasteiger partial charge in [-0.15, -0.1) is 0 Å². The molecule has 8 aromatic rings. The Morgan fingerprint density at radius 3 is 1.09 bits per heavy atom. The van der Waals surface area contributed by atoms with Crippen LogP contribution in [0, 0.1) is 55.4 Å². The number of methoxy groups -OCH3 is 12. The molecule has 760 valence electrons. The number of nitrogens with zero attached hydrogens (tertiary/aromatic N) is 8. The van der Waals surface area contributed by atoms with Crippen LogP contribution < -0.4 is 56.8 Å². The zero-order valence-corrected chi connectivity index (χ0v) is 83.8. The summed E-state index contributed by atoms with van der Waals surface area (Å²) in [5, 5.41) is 144. The molecule has 142 heavy (non-hydrogen) atoms. The number of phenolic OH excluding ortho intramolecular Hbond substituents is 8. The molecule has 38 heteroatoms. The number of piperazine rings is 4. The van der Waals surface area contributed by atoms with Gasteiger partial charge < -0.3 is 143 Å². The van der Waals surface area contributed by atoms with Crippen molar-refractivity contribution in [3.8, 4) is 115 Å². The minimum absolute atomic E-state index is 0.0118. The van der Waals surface area contributed by atoms with Crippen LogP contribution in [0.15, 0.2) is 30.0 Å². The summed E-state index contributed by atoms with van der Waals surface area (Å²) in [5.74, 6) is 2.08. The van der Waals surface area contributed by atoms with Crippen LogP contribution in [0.25, 0.3) is 6.08 Å². The third-order valence-corrected chi connectivity index (χ3v) is 31.9. The second-order valence-corrected chi connectivity index (χ2v) is 38.2. The lowest BCUT2D eigenvalue weighted by Gasteiger charge is -2.58. The van der Waals surface area contributed by atoms with E-state index in [0.717, 1.165) is 50.1 Å². The first kappa shape index (κ1) is 100. The SMILES string of the molecule is COc1c(C)cc2c(c1O)[C@@H]1C3=Cc4c(O)c(C)c(OC)c(OC)c4[C@H](CO)N3C(=O)[C@H](C2)N1C.COc1c(C)cc2c(c1O)[C@@H]1C3Cc4c(O)c(C)c(OC)c(OC)c4[C@H](CO)N3C(=O)[C@H](C2)N1C.COc1c(C)cc2c(c1O)[C@@H]1[C@H]3C(=O)c4c(O)c(C)c(OC)c(OC)c4[C@H](CO)N3C(=O)[C@H](C2)N1C.COc1c(C)cc2c(c1O)[C@@H]1[C@H]3C(O)c4c(O)c(C)c(OC)c(OC)c4[C@H](CO)N3C(=O)[C@H](C2)N1C. The van der Waals surface area contributed by atoms with Crippen LogP contribution in [0.5, 0.6) is 115 Å². The average Bonchev–Trinajstić information content (AvgIpc) is 0.698. The highest BCUT2D eigenvalue weighted by Crippen LogP contribution is 2.65. The molecule has 8 bridgehead atoms. The second kappa shape index (κ2) is 37.2. The fourth-order valence-electron chi connectivity index (χ4n) is 25.7. The maximum atomic E-state index is 14.2. The average molecular weight is 1970 g/mol. The Labute approximate surface area is 820 Å². The predicted octanol–water partition coefficient (Wildman–Crippen LogP) is 8.12. The highest BCUT2D eigenvalue weighted by Gasteiger charge is 2.64. The van der Waals surface area contributed by atoms with Crippen molar-refractivity contribution in [2.75, 3.05) is 140 Å². The molecule has 2 unspecified atom stereocenters. The number of hydrogen-bond acceptors (Lipinski definition) is 34. The largest absolute Gasteiger partial charge is 0.507 e. The number of aromatic hydroxyl groups is 8. The molecule has 38 nitrogen and oxygen atoms in total. The van der Waals surface area contributed by atoms with Crippen molar-refractivity contribution < 1.29 is 147 Å². The van der Waals surface area contributed by atoms with E-state index in [-0.39, 0.29) is 122 Å². The van der Waals surface area contributed by atoms with Gasteiger partial charge in [-0.2, -0.15) is 0 Å². The summed E-state index contributed by atoms with van der Waals surface area (Å²) in [6, 6.07) is -2.46. The number of carbonyl (C=O) groups excluding carboxylic acids is 5. The summed E-state index contributed by atoms with van der Waals surface area (Å²) in [5.41, 5.74) is 13.9. The summed E-state index contributed by atoms with van der Waals surface area (Å²) >= 11 is 0. The minimum atomic E-state index is -1.35. The van der Waals surface area contributed by atoms with Crippen LogP contribution in [0.3, 0.4) is 0 Å². The van der Waals surface area contributed by atoms with Gasteiger partial charge in [-0.3, -0.25) is 43.6 Å². The van der Waals surface area contributed by atoms with Crippen molar-refractivity contribution in [1.29, 1.82) is 0 Å². The number of hydrogen-bond donors (Lipinski definition) is 13. The Hall–Kier alpha value is -13.3. The Balaban J connectivity index is 0.000000130. The Bertz CT molecular complexity index is 6640. The van der Waals surface area contributed by atoms with Gasteiger partial charge in [0, 0.05) is 89.1 Å². The number of ether oxygens (including phenoxy) is 12. The molecule has 12 aliphatic rings. The van der Waals surface area contributed by atoms with E-state index in [0.29, 0.717) is 151 Å². The number of aryl methyl sites for hydroxylation is 4. The van der Waals surface area contributed by atoms with Crippen LogP contribution in [-0.2, 0) is 51.3 Å². The van der Waals surface area contributed by atoms with E-state index < -0.39 is 116 Å². The lowest BCUT2D eigenvalue weighted by Crippen LogP contribution is -2.68. The molecule has 0 spiro atoms. The molecule has 12 aliphatic heterocycles. The Kier molecular flexibility index (Phi) is 26.3. The summed E-state index contributed by atoms with van der Waals surface area (Å²) in [6.45, 7) is 12.4. The number of aliphatic hydroxyl groups is 5. The molecule has 20 rings (SSSR count). The molecule has 12 heterocycles. The third-order valence-electron chi connectivity index (χ3n) is 31.9. The Morgan fingerprint density at radius 1 is 0.310 bits per heavy atom. The number of phenols is 8. The number of ketones is 1. The second-order valence-electron chi connectivity index (χ2n) is 38.2. The normalized spacial score (nSPS) is 24.8. The van der Waals surface area contributed by atoms with Gasteiger partial charge in [0.15, 0.2) is 97.8 Å². The smallest absolute Gasteiger partial charge is 0.245 e. The van der Waals surface area contributed by atoms with Gasteiger partial charge in [0.1, 0.15) is 35.1 Å². The van der Waals surface area contributed by atoms with Crippen molar-refractivity contribution in [2.45, 2.75) is 184 Å². The lowest BCUT2D eigenvalue weighted by molar-refractivity contribution is -0.168. The molecule has 0 saturated carbocycles. The van der Waals surface area contributed by atoms with E-state index in [1.165, 1.54) is 95.1 Å². The molecule has 13 N–H and O–H groups in total. The quantitative estimate of drug-likeness (QED) is 0.0434. The molecular formula is C104H124N8O30. The van der Waals surface area contributed by atoms with E-state index in [1.807, 2.05) is 80.8 Å². The monoisotopic (exact) mass is 1960 g/mol. The standard InChI is InChI=1S/C26H32N2O8.C26H30N2O8.C26H32N2O7.C26H30N2O7/c2*1-10-7-12-8-13-26(33)28-14(9-29)16-17(20(30)11(2)24(35-5)25(16)36-6)21(31)19(28)18(27(13)3)15(12)22(32)23(10)34-4;2*1-11-7-13-8-16-26(32)28-15(20(27(16)3)18(13)22(31)23(11)33-4)9-14-19(17(28)10-29)25(35-6)24(34-5)12(2)21(14)30/h7,13-14,18-19,21,29-32H,8-9H2,1-6H3;7,13-14,18-19,29-30,32H,8-9H2,1-6H3;7,15-17,20,29-31H,8-10H2,1-6H3;7,9,16-17,20,29-31H,8,10H2,1-6H3/t13-,14-,18+,19-,21?;13-,14-,18+,19-;15?,16-,17-,20-;16-,17-,20-/m0000/s1. The van der Waals surface area contributed by atoms with Crippen molar-refractivity contribution in [2.24, 2.45) is 0 Å². The Morgan fingerprint density at radius 2 is 0.648 bits per heavy atom. The predicted molar refractivity (Wildman–Crippen MR) is 512 cm³/mol. The van der Waals surface area contributed by atoms with E-state index in [4.69, 9.17) is 56.8 Å². The number of Topliss-reactive ketones (excluding diaryl/α,β-unsaturated/α-hetero) is 1. The number of carbonyl (C=O) groups is 5. The molecule has 4 amide bonds. The zero-order valence-electron chi connectivity index (χ0n) is 83.8. The van der Waals surface area contributed by atoms with Gasteiger partial charge >= 0.3 is 0 Å². The summed E-state index contributed by atoms with van der Waals surface area (Å²) in [6.07, 6.45) is 2.24. The molecule has 16 atom stereocenters. The van der Waals surface area contributed by atoms with E-state index in [1.54, 1.807) is 62.6 Å². The molecule has 0 aromatic heterocycles. The maximum absolute atomic E-state index is 14.2. The molecule has 8 aromatic carbocycles. The van der Waals surface area contributed by atoms with Gasteiger partial charge in [-0.25, -0.2) is 0 Å². The van der Waals surface area contributed by atoms with Gasteiger partial charge in [-0.1, -0.05) is 24.3 Å². The highest BCUT2D eigenvalue weighted by molar-refractivity contribution is 6.10. The lowest BCUT2D eigenvalue weighted by atomic mass is 9.72. The number of fused-ring (bicyclic) bond motifs is 28. The molecule has 0 aliphatic carbocycles. The first-order valence-electron chi connectivity index (χ1n) is 46.7. The van der Waals surface area contributed by atoms with Crippen LogP contribution in [0.1, 0.15) is 193 Å².